The third-order valence-corrected chi connectivity index (χ3v) is 3.62. The molecule has 0 radical (unpaired) electrons. The van der Waals surface area contributed by atoms with Crippen LogP contribution in [-0.2, 0) is 4.74 Å². The van der Waals surface area contributed by atoms with Crippen molar-refractivity contribution in [1.29, 1.82) is 0 Å². The summed E-state index contributed by atoms with van der Waals surface area (Å²) in [4.78, 5) is 12.3. The fourth-order valence-electron chi connectivity index (χ4n) is 1.67. The van der Waals surface area contributed by atoms with Crippen molar-refractivity contribution in [3.63, 3.8) is 0 Å². The fourth-order valence-corrected chi connectivity index (χ4v) is 2.31. The number of hydrogen-bond acceptors (Lipinski definition) is 4. The molecular formula is C11H15NO3S. The predicted octanol–water partition coefficient (Wildman–Crippen LogP) is 1.02. The van der Waals surface area contributed by atoms with Gasteiger partial charge in [-0.05, 0) is 11.4 Å². The van der Waals surface area contributed by atoms with Crippen LogP contribution in [0.1, 0.15) is 22.5 Å². The molecule has 0 bridgehead atoms. The summed E-state index contributed by atoms with van der Waals surface area (Å²) in [6.45, 7) is 1.42. The zero-order valence-corrected chi connectivity index (χ0v) is 9.76. The Labute approximate surface area is 98.2 Å². The average molecular weight is 241 g/mol. The van der Waals surface area contributed by atoms with Gasteiger partial charge in [0, 0.05) is 32.6 Å². The van der Waals surface area contributed by atoms with Gasteiger partial charge in [-0.2, -0.15) is 0 Å². The summed E-state index contributed by atoms with van der Waals surface area (Å²) in [7, 11) is 0. The standard InChI is InChI=1S/C11H15NO3S/c13-10(9-2-1-7-16-9)12-8-11(14)3-5-15-6-4-11/h1-2,7,14H,3-6,8H2,(H,12,13). The molecule has 4 nitrogen and oxygen atoms in total. The van der Waals surface area contributed by atoms with E-state index in [1.807, 2.05) is 11.4 Å². The summed E-state index contributed by atoms with van der Waals surface area (Å²) in [5.41, 5.74) is -0.800. The zero-order chi connectivity index (χ0) is 11.4. The van der Waals surface area contributed by atoms with E-state index in [2.05, 4.69) is 5.32 Å². The second-order valence-electron chi connectivity index (χ2n) is 4.00. The molecule has 0 unspecified atom stereocenters. The molecule has 1 fully saturated rings. The molecule has 1 aromatic heterocycles. The van der Waals surface area contributed by atoms with Crippen LogP contribution >= 0.6 is 11.3 Å². The number of amides is 1. The largest absolute Gasteiger partial charge is 0.388 e. The van der Waals surface area contributed by atoms with E-state index >= 15 is 0 Å². The first-order valence-corrected chi connectivity index (χ1v) is 6.19. The van der Waals surface area contributed by atoms with E-state index in [-0.39, 0.29) is 5.91 Å². The molecule has 1 amide bonds. The fraction of sp³-hybridized carbons (Fsp3) is 0.545. The van der Waals surface area contributed by atoms with Crippen LogP contribution in [0, 0.1) is 0 Å². The molecule has 2 N–H and O–H groups in total. The Morgan fingerprint density at radius 2 is 2.31 bits per heavy atom. The molecule has 0 aliphatic carbocycles. The highest BCUT2D eigenvalue weighted by Gasteiger charge is 2.30. The quantitative estimate of drug-likeness (QED) is 0.830. The van der Waals surface area contributed by atoms with Gasteiger partial charge in [-0.25, -0.2) is 0 Å². The number of nitrogens with one attached hydrogen (secondary N) is 1. The Kier molecular flexibility index (Phi) is 3.58. The highest BCUT2D eigenvalue weighted by Crippen LogP contribution is 2.19. The van der Waals surface area contributed by atoms with Gasteiger partial charge >= 0.3 is 0 Å². The summed E-state index contributed by atoms with van der Waals surface area (Å²) in [5.74, 6) is -0.116. The van der Waals surface area contributed by atoms with Crippen molar-refractivity contribution in [2.75, 3.05) is 19.8 Å². The third kappa shape index (κ3) is 2.81. The van der Waals surface area contributed by atoms with Crippen LogP contribution < -0.4 is 5.32 Å². The minimum absolute atomic E-state index is 0.116. The van der Waals surface area contributed by atoms with Crippen LogP contribution in [-0.4, -0.2) is 36.4 Å². The van der Waals surface area contributed by atoms with E-state index < -0.39 is 5.60 Å². The van der Waals surface area contributed by atoms with E-state index in [9.17, 15) is 9.90 Å². The molecule has 0 aromatic carbocycles. The lowest BCUT2D eigenvalue weighted by Crippen LogP contribution is -2.46. The third-order valence-electron chi connectivity index (χ3n) is 2.75. The maximum Gasteiger partial charge on any atom is 0.261 e. The first-order chi connectivity index (χ1) is 7.70. The summed E-state index contributed by atoms with van der Waals surface area (Å²) in [6.07, 6.45) is 1.16. The van der Waals surface area contributed by atoms with Gasteiger partial charge in [0.1, 0.15) is 0 Å². The van der Waals surface area contributed by atoms with Crippen LogP contribution in [0.25, 0.3) is 0 Å². The molecule has 1 saturated heterocycles. The minimum atomic E-state index is -0.800. The lowest BCUT2D eigenvalue weighted by atomic mass is 9.94. The average Bonchev–Trinajstić information content (AvgIpc) is 2.80. The SMILES string of the molecule is O=C(NCC1(O)CCOCC1)c1cccs1. The van der Waals surface area contributed by atoms with Crippen molar-refractivity contribution >= 4 is 17.2 Å². The van der Waals surface area contributed by atoms with Gasteiger partial charge < -0.3 is 15.2 Å². The minimum Gasteiger partial charge on any atom is -0.388 e. The van der Waals surface area contributed by atoms with E-state index in [0.717, 1.165) is 0 Å². The molecule has 2 rings (SSSR count). The normalized spacial score (nSPS) is 19.3. The van der Waals surface area contributed by atoms with Crippen molar-refractivity contribution < 1.29 is 14.6 Å². The Bertz CT molecular complexity index is 344. The van der Waals surface area contributed by atoms with Crippen LogP contribution in [0.4, 0.5) is 0 Å². The molecule has 1 aliphatic heterocycles. The highest BCUT2D eigenvalue weighted by molar-refractivity contribution is 7.12. The van der Waals surface area contributed by atoms with Gasteiger partial charge in [0.05, 0.1) is 10.5 Å². The van der Waals surface area contributed by atoms with Crippen LogP contribution in [0.5, 0.6) is 0 Å². The smallest absolute Gasteiger partial charge is 0.261 e. The molecule has 0 spiro atoms. The first-order valence-electron chi connectivity index (χ1n) is 5.31. The molecule has 16 heavy (non-hydrogen) atoms. The summed E-state index contributed by atoms with van der Waals surface area (Å²) in [6, 6.07) is 3.61. The molecular weight excluding hydrogens is 226 g/mol. The van der Waals surface area contributed by atoms with Gasteiger partial charge in [0.2, 0.25) is 0 Å². The second kappa shape index (κ2) is 4.95. The van der Waals surface area contributed by atoms with Crippen molar-refractivity contribution in [3.05, 3.63) is 22.4 Å². The molecule has 1 aliphatic rings. The maximum atomic E-state index is 11.6. The topological polar surface area (TPSA) is 58.6 Å². The number of rotatable bonds is 3. The number of ether oxygens (including phenoxy) is 1. The number of carbonyl (C=O) groups excluding carboxylic acids is 1. The molecule has 0 saturated carbocycles. The van der Waals surface area contributed by atoms with Crippen LogP contribution in [0.3, 0.4) is 0 Å². The van der Waals surface area contributed by atoms with E-state index in [4.69, 9.17) is 4.74 Å². The van der Waals surface area contributed by atoms with Crippen molar-refractivity contribution in [3.8, 4) is 0 Å². The lowest BCUT2D eigenvalue weighted by Gasteiger charge is -2.31. The molecule has 88 valence electrons. The van der Waals surface area contributed by atoms with Crippen molar-refractivity contribution in [1.82, 2.24) is 5.32 Å². The Morgan fingerprint density at radius 3 is 2.94 bits per heavy atom. The molecule has 2 heterocycles. The van der Waals surface area contributed by atoms with Gasteiger partial charge in [-0.15, -0.1) is 11.3 Å². The summed E-state index contributed by atoms with van der Waals surface area (Å²) in [5, 5.41) is 14.7. The maximum absolute atomic E-state index is 11.6. The van der Waals surface area contributed by atoms with E-state index in [1.54, 1.807) is 6.07 Å². The Hall–Kier alpha value is -0.910. The van der Waals surface area contributed by atoms with Crippen LogP contribution in [0.2, 0.25) is 0 Å². The molecule has 1 aromatic rings. The number of thiophene rings is 1. The number of hydrogen-bond donors (Lipinski definition) is 2. The van der Waals surface area contributed by atoms with E-state index in [1.165, 1.54) is 11.3 Å². The number of carbonyl (C=O) groups is 1. The van der Waals surface area contributed by atoms with Crippen LogP contribution in [0.15, 0.2) is 17.5 Å². The Balaban J connectivity index is 1.84. The number of aliphatic hydroxyl groups is 1. The highest BCUT2D eigenvalue weighted by atomic mass is 32.1. The monoisotopic (exact) mass is 241 g/mol. The summed E-state index contributed by atoms with van der Waals surface area (Å²) < 4.78 is 5.17. The van der Waals surface area contributed by atoms with Gasteiger partial charge in [0.15, 0.2) is 0 Å². The molecule has 0 atom stereocenters. The first kappa shape index (κ1) is 11.6. The van der Waals surface area contributed by atoms with E-state index in [0.29, 0.717) is 37.5 Å². The second-order valence-corrected chi connectivity index (χ2v) is 4.94. The zero-order valence-electron chi connectivity index (χ0n) is 8.94. The molecule has 5 heteroatoms. The van der Waals surface area contributed by atoms with Gasteiger partial charge in [0.25, 0.3) is 5.91 Å². The van der Waals surface area contributed by atoms with Gasteiger partial charge in [-0.3, -0.25) is 4.79 Å². The summed E-state index contributed by atoms with van der Waals surface area (Å²) >= 11 is 1.40. The van der Waals surface area contributed by atoms with Crippen molar-refractivity contribution in [2.24, 2.45) is 0 Å². The van der Waals surface area contributed by atoms with Crippen molar-refractivity contribution in [2.45, 2.75) is 18.4 Å². The van der Waals surface area contributed by atoms with Gasteiger partial charge in [-0.1, -0.05) is 6.07 Å². The lowest BCUT2D eigenvalue weighted by molar-refractivity contribution is -0.0605. The predicted molar refractivity (Wildman–Crippen MR) is 61.7 cm³/mol. The Morgan fingerprint density at radius 1 is 1.56 bits per heavy atom.